The molecule has 1 aliphatic heterocycles. The van der Waals surface area contributed by atoms with Gasteiger partial charge in [0.05, 0.1) is 5.70 Å². The molecule has 6 heteroatoms. The smallest absolute Gasteiger partial charge is 0.150 e. The first-order valence-electron chi connectivity index (χ1n) is 8.20. The lowest BCUT2D eigenvalue weighted by molar-refractivity contribution is -0.838. The Morgan fingerprint density at radius 3 is 2.54 bits per heavy atom. The fourth-order valence-electron chi connectivity index (χ4n) is 2.89. The normalized spacial score (nSPS) is 17.6. The molecule has 0 radical (unpaired) electrons. The molecule has 0 aromatic heterocycles. The highest BCUT2D eigenvalue weighted by Crippen LogP contribution is 2.16. The van der Waals surface area contributed by atoms with Crippen molar-refractivity contribution in [3.05, 3.63) is 72.2 Å². The minimum absolute atomic E-state index is 0.296. The van der Waals surface area contributed by atoms with Crippen LogP contribution >= 0.6 is 0 Å². The SMILES string of the molecule is C=CC=C(NO)C(=C[NH2+]O)NC1CCN(Cc2ccccc2)CC1. The molecule has 130 valence electrons. The standard InChI is InChI=1S/C18H26N4O2/c1-2-6-17(21-24)18(13-19-23)20-16-9-11-22(12-10-16)14-15-7-4-3-5-8-15/h2-8,13,16,19-21,23-24H,1,9-12,14H2/p+1. The van der Waals surface area contributed by atoms with E-state index in [1.165, 1.54) is 11.8 Å². The summed E-state index contributed by atoms with van der Waals surface area (Å²) in [5.41, 5.74) is 5.54. The van der Waals surface area contributed by atoms with Gasteiger partial charge >= 0.3 is 0 Å². The molecule has 24 heavy (non-hydrogen) atoms. The van der Waals surface area contributed by atoms with Crippen LogP contribution in [-0.4, -0.2) is 34.4 Å². The monoisotopic (exact) mass is 331 g/mol. The first-order chi connectivity index (χ1) is 11.8. The Morgan fingerprint density at radius 1 is 1.25 bits per heavy atom. The summed E-state index contributed by atoms with van der Waals surface area (Å²) in [5, 5.41) is 21.7. The molecule has 0 saturated carbocycles. The van der Waals surface area contributed by atoms with Gasteiger partial charge in [0.1, 0.15) is 5.70 Å². The van der Waals surface area contributed by atoms with E-state index in [-0.39, 0.29) is 0 Å². The number of likely N-dealkylation sites (tertiary alicyclic amines) is 1. The summed E-state index contributed by atoms with van der Waals surface area (Å²) in [6.07, 6.45) is 6.75. The molecule has 1 aromatic carbocycles. The second-order valence-corrected chi connectivity index (χ2v) is 5.84. The fourth-order valence-corrected chi connectivity index (χ4v) is 2.89. The van der Waals surface area contributed by atoms with Crippen LogP contribution in [0.2, 0.25) is 0 Å². The molecule has 0 atom stereocenters. The highest BCUT2D eigenvalue weighted by molar-refractivity contribution is 5.28. The van der Waals surface area contributed by atoms with Crippen molar-refractivity contribution in [2.75, 3.05) is 13.1 Å². The van der Waals surface area contributed by atoms with E-state index in [0.717, 1.165) is 38.0 Å². The maximum atomic E-state index is 9.24. The number of quaternary nitrogens is 1. The van der Waals surface area contributed by atoms with Crippen LogP contribution in [0.15, 0.2) is 66.7 Å². The van der Waals surface area contributed by atoms with E-state index >= 15 is 0 Å². The average molecular weight is 331 g/mol. The molecule has 1 fully saturated rings. The second kappa shape index (κ2) is 9.89. The topological polar surface area (TPSA) is 84.4 Å². The lowest BCUT2D eigenvalue weighted by atomic mass is 10.0. The number of rotatable bonds is 8. The van der Waals surface area contributed by atoms with Crippen LogP contribution in [0.3, 0.4) is 0 Å². The Kier molecular flexibility index (Phi) is 7.51. The van der Waals surface area contributed by atoms with Crippen LogP contribution in [0.4, 0.5) is 0 Å². The second-order valence-electron chi connectivity index (χ2n) is 5.84. The van der Waals surface area contributed by atoms with E-state index in [4.69, 9.17) is 5.21 Å². The molecule has 1 aromatic rings. The summed E-state index contributed by atoms with van der Waals surface area (Å²) < 4.78 is 0. The van der Waals surface area contributed by atoms with Crippen molar-refractivity contribution in [2.24, 2.45) is 0 Å². The van der Waals surface area contributed by atoms with Gasteiger partial charge in [0.15, 0.2) is 6.20 Å². The molecule has 0 bridgehead atoms. The third kappa shape index (κ3) is 5.50. The van der Waals surface area contributed by atoms with E-state index in [2.05, 4.69) is 46.5 Å². The number of nitrogens with zero attached hydrogens (tertiary/aromatic N) is 1. The lowest BCUT2D eigenvalue weighted by Gasteiger charge is -2.33. The predicted molar refractivity (Wildman–Crippen MR) is 92.9 cm³/mol. The van der Waals surface area contributed by atoms with Crippen molar-refractivity contribution in [3.63, 3.8) is 0 Å². The van der Waals surface area contributed by atoms with Gasteiger partial charge in [-0.2, -0.15) is 5.48 Å². The molecule has 6 N–H and O–H groups in total. The lowest BCUT2D eigenvalue weighted by Crippen LogP contribution is -2.74. The van der Waals surface area contributed by atoms with Gasteiger partial charge in [-0.25, -0.2) is 5.21 Å². The third-order valence-electron chi connectivity index (χ3n) is 4.13. The molecule has 0 unspecified atom stereocenters. The number of hydrogen-bond acceptors (Lipinski definition) is 5. The van der Waals surface area contributed by atoms with Crippen molar-refractivity contribution in [1.82, 2.24) is 15.7 Å². The number of hydrogen-bond donors (Lipinski definition) is 5. The van der Waals surface area contributed by atoms with Crippen LogP contribution in [0, 0.1) is 0 Å². The average Bonchev–Trinajstić information content (AvgIpc) is 2.62. The van der Waals surface area contributed by atoms with Gasteiger partial charge < -0.3 is 5.32 Å². The van der Waals surface area contributed by atoms with Gasteiger partial charge in [0.2, 0.25) is 0 Å². The zero-order valence-electron chi connectivity index (χ0n) is 13.9. The molecule has 0 amide bonds. The number of piperidine rings is 1. The highest BCUT2D eigenvalue weighted by atomic mass is 16.5. The Morgan fingerprint density at radius 2 is 1.96 bits per heavy atom. The Labute approximate surface area is 143 Å². The number of hydroxylamine groups is 2. The Balaban J connectivity index is 1.88. The largest absolute Gasteiger partial charge is 0.376 e. The first-order valence-corrected chi connectivity index (χ1v) is 8.20. The summed E-state index contributed by atoms with van der Waals surface area (Å²) >= 11 is 0. The van der Waals surface area contributed by atoms with E-state index in [9.17, 15) is 5.21 Å². The molecular weight excluding hydrogens is 304 g/mol. The summed E-state index contributed by atoms with van der Waals surface area (Å²) in [4.78, 5) is 2.44. The summed E-state index contributed by atoms with van der Waals surface area (Å²) in [7, 11) is 0. The molecule has 1 saturated heterocycles. The highest BCUT2D eigenvalue weighted by Gasteiger charge is 2.21. The maximum absolute atomic E-state index is 9.24. The van der Waals surface area contributed by atoms with Crippen molar-refractivity contribution in [1.29, 1.82) is 0 Å². The Bertz CT molecular complexity index is 564. The minimum atomic E-state index is 0.296. The van der Waals surface area contributed by atoms with Gasteiger partial charge in [0, 0.05) is 25.7 Å². The van der Waals surface area contributed by atoms with Crippen LogP contribution in [0.25, 0.3) is 0 Å². The van der Waals surface area contributed by atoms with Crippen molar-refractivity contribution in [2.45, 2.75) is 25.4 Å². The minimum Gasteiger partial charge on any atom is -0.376 e. The van der Waals surface area contributed by atoms with Crippen LogP contribution in [0.5, 0.6) is 0 Å². The van der Waals surface area contributed by atoms with Crippen LogP contribution in [-0.2, 0) is 6.54 Å². The van der Waals surface area contributed by atoms with Gasteiger partial charge in [-0.3, -0.25) is 15.6 Å². The van der Waals surface area contributed by atoms with Crippen molar-refractivity contribution >= 4 is 0 Å². The fraction of sp³-hybridized carbons (Fsp3) is 0.333. The molecule has 2 rings (SSSR count). The molecule has 6 nitrogen and oxygen atoms in total. The maximum Gasteiger partial charge on any atom is 0.150 e. The van der Waals surface area contributed by atoms with E-state index in [1.54, 1.807) is 12.2 Å². The summed E-state index contributed by atoms with van der Waals surface area (Å²) in [6.45, 7) is 6.62. The van der Waals surface area contributed by atoms with Crippen LogP contribution < -0.4 is 16.3 Å². The van der Waals surface area contributed by atoms with Crippen molar-refractivity contribution in [3.8, 4) is 0 Å². The number of nitrogens with one attached hydrogen (secondary N) is 2. The Hall–Kier alpha value is -2.12. The van der Waals surface area contributed by atoms with E-state index in [1.807, 2.05) is 6.07 Å². The van der Waals surface area contributed by atoms with Gasteiger partial charge in [-0.1, -0.05) is 43.0 Å². The molecule has 1 heterocycles. The van der Waals surface area contributed by atoms with E-state index < -0.39 is 0 Å². The van der Waals surface area contributed by atoms with Gasteiger partial charge in [-0.15, -0.1) is 0 Å². The zero-order chi connectivity index (χ0) is 17.2. The number of nitrogens with two attached hydrogens (primary N) is 1. The molecular formula is C18H27N4O2+. The third-order valence-corrected chi connectivity index (χ3v) is 4.13. The molecule has 0 aliphatic carbocycles. The number of allylic oxidation sites excluding steroid dienone is 2. The van der Waals surface area contributed by atoms with Gasteiger partial charge in [-0.05, 0) is 24.5 Å². The van der Waals surface area contributed by atoms with Crippen LogP contribution in [0.1, 0.15) is 18.4 Å². The van der Waals surface area contributed by atoms with Crippen molar-refractivity contribution < 1.29 is 15.9 Å². The summed E-state index contributed by atoms with van der Waals surface area (Å²) in [6, 6.07) is 10.8. The number of benzene rings is 1. The predicted octanol–water partition coefficient (Wildman–Crippen LogP) is 1.08. The molecule has 1 aliphatic rings. The first kappa shape index (κ1) is 18.2. The van der Waals surface area contributed by atoms with E-state index in [0.29, 0.717) is 17.4 Å². The zero-order valence-corrected chi connectivity index (χ0v) is 13.9. The van der Waals surface area contributed by atoms with Gasteiger partial charge in [0.25, 0.3) is 0 Å². The summed E-state index contributed by atoms with van der Waals surface area (Å²) in [5.74, 6) is 0. The molecule has 0 spiro atoms. The quantitative estimate of drug-likeness (QED) is 0.364.